The molecule has 4 rings (SSSR count). The number of likely N-dealkylation sites (N-methyl/N-ethyl adjacent to an activating group) is 1. The molecule has 6 nitrogen and oxygen atoms in total. The number of carbonyl (C=O) groups excluding carboxylic acids is 3. The molecular formula is C20H23F2N3O3. The average Bonchev–Trinajstić information content (AvgIpc) is 2.84. The van der Waals surface area contributed by atoms with Crippen molar-refractivity contribution in [1.82, 2.24) is 9.80 Å². The van der Waals surface area contributed by atoms with Crippen molar-refractivity contribution in [1.29, 1.82) is 0 Å². The summed E-state index contributed by atoms with van der Waals surface area (Å²) in [5.41, 5.74) is -0.372. The van der Waals surface area contributed by atoms with Gasteiger partial charge in [-0.25, -0.2) is 13.6 Å². The smallest absolute Gasteiger partial charge is 0.313 e. The summed E-state index contributed by atoms with van der Waals surface area (Å²) in [5, 5.41) is 0. The van der Waals surface area contributed by atoms with E-state index in [2.05, 4.69) is 0 Å². The van der Waals surface area contributed by atoms with Crippen molar-refractivity contribution < 1.29 is 23.2 Å². The summed E-state index contributed by atoms with van der Waals surface area (Å²) in [5.74, 6) is -2.28. The van der Waals surface area contributed by atoms with Gasteiger partial charge in [0.2, 0.25) is 5.91 Å². The number of carbonyl (C=O) groups is 3. The molecule has 0 radical (unpaired) electrons. The Bertz CT molecular complexity index is 851. The fraction of sp³-hybridized carbons (Fsp3) is 0.550. The second kappa shape index (κ2) is 6.83. The highest BCUT2D eigenvalue weighted by molar-refractivity contribution is 6.10. The number of hydrogen-bond acceptors (Lipinski definition) is 3. The largest absolute Gasteiger partial charge is 0.327 e. The Labute approximate surface area is 162 Å². The van der Waals surface area contributed by atoms with Crippen molar-refractivity contribution in [3.8, 4) is 0 Å². The summed E-state index contributed by atoms with van der Waals surface area (Å²) in [7, 11) is 1.61. The average molecular weight is 391 g/mol. The van der Waals surface area contributed by atoms with E-state index in [1.165, 1.54) is 9.80 Å². The first-order valence-corrected chi connectivity index (χ1v) is 9.73. The lowest BCUT2D eigenvalue weighted by molar-refractivity contribution is -0.136. The second-order valence-electron chi connectivity index (χ2n) is 7.86. The van der Waals surface area contributed by atoms with Crippen LogP contribution in [0.25, 0.3) is 0 Å². The Kier molecular flexibility index (Phi) is 4.59. The van der Waals surface area contributed by atoms with Crippen LogP contribution in [0.1, 0.15) is 44.1 Å². The number of imide groups is 1. The van der Waals surface area contributed by atoms with Gasteiger partial charge in [0.25, 0.3) is 5.91 Å². The van der Waals surface area contributed by atoms with Crippen molar-refractivity contribution in [3.63, 3.8) is 0 Å². The minimum absolute atomic E-state index is 0.188. The summed E-state index contributed by atoms with van der Waals surface area (Å²) >= 11 is 0. The Hall–Kier alpha value is -2.51. The third-order valence-corrected chi connectivity index (χ3v) is 6.31. The summed E-state index contributed by atoms with van der Waals surface area (Å²) in [6.07, 6.45) is 4.90. The molecular weight excluding hydrogens is 368 g/mol. The predicted molar refractivity (Wildman–Crippen MR) is 97.7 cm³/mol. The predicted octanol–water partition coefficient (Wildman–Crippen LogP) is 2.84. The molecule has 0 unspecified atom stereocenters. The van der Waals surface area contributed by atoms with Crippen LogP contribution in [0.15, 0.2) is 12.1 Å². The molecule has 8 heteroatoms. The highest BCUT2D eigenvalue weighted by Crippen LogP contribution is 2.39. The van der Waals surface area contributed by atoms with Crippen molar-refractivity contribution in [2.24, 2.45) is 0 Å². The SMILES string of the molecule is CN1C(=O)N(CC(=O)N2CCCc3c(F)cc(F)cc32)C(=O)C12CCCCC2. The van der Waals surface area contributed by atoms with E-state index in [9.17, 15) is 23.2 Å². The van der Waals surface area contributed by atoms with Gasteiger partial charge in [-0.1, -0.05) is 19.3 Å². The van der Waals surface area contributed by atoms with Crippen LogP contribution in [-0.2, 0) is 16.0 Å². The van der Waals surface area contributed by atoms with Gasteiger partial charge < -0.3 is 9.80 Å². The van der Waals surface area contributed by atoms with E-state index in [4.69, 9.17) is 0 Å². The second-order valence-corrected chi connectivity index (χ2v) is 7.86. The van der Waals surface area contributed by atoms with E-state index in [1.807, 2.05) is 0 Å². The molecule has 4 amide bonds. The first-order chi connectivity index (χ1) is 13.3. The van der Waals surface area contributed by atoms with Gasteiger partial charge in [0.15, 0.2) is 0 Å². The maximum absolute atomic E-state index is 14.1. The molecule has 1 aromatic carbocycles. The monoisotopic (exact) mass is 391 g/mol. The van der Waals surface area contributed by atoms with Gasteiger partial charge in [-0.3, -0.25) is 14.5 Å². The molecule has 1 spiro atoms. The minimum atomic E-state index is -0.854. The quantitative estimate of drug-likeness (QED) is 0.729. The minimum Gasteiger partial charge on any atom is -0.313 e. The van der Waals surface area contributed by atoms with Crippen molar-refractivity contribution in [3.05, 3.63) is 29.3 Å². The van der Waals surface area contributed by atoms with E-state index in [0.717, 1.165) is 36.3 Å². The summed E-state index contributed by atoms with van der Waals surface area (Å²) in [4.78, 5) is 42.4. The molecule has 2 fully saturated rings. The number of anilines is 1. The summed E-state index contributed by atoms with van der Waals surface area (Å²) in [6, 6.07) is 1.46. The fourth-order valence-electron chi connectivity index (χ4n) is 4.76. The number of nitrogens with zero attached hydrogens (tertiary/aromatic N) is 3. The highest BCUT2D eigenvalue weighted by atomic mass is 19.1. The van der Waals surface area contributed by atoms with Gasteiger partial charge in [-0.05, 0) is 31.7 Å². The van der Waals surface area contributed by atoms with Crippen LogP contribution in [-0.4, -0.2) is 53.3 Å². The third-order valence-electron chi connectivity index (χ3n) is 6.31. The van der Waals surface area contributed by atoms with Crippen LogP contribution in [0.2, 0.25) is 0 Å². The molecule has 0 N–H and O–H groups in total. The number of fused-ring (bicyclic) bond motifs is 1. The first-order valence-electron chi connectivity index (χ1n) is 9.73. The van der Waals surface area contributed by atoms with Gasteiger partial charge >= 0.3 is 6.03 Å². The molecule has 0 bridgehead atoms. The molecule has 0 aromatic heterocycles. The lowest BCUT2D eigenvalue weighted by Crippen LogP contribution is -2.50. The maximum atomic E-state index is 14.1. The first kappa shape index (κ1) is 18.8. The molecule has 1 aromatic rings. The van der Waals surface area contributed by atoms with Crippen LogP contribution in [0.3, 0.4) is 0 Å². The van der Waals surface area contributed by atoms with Gasteiger partial charge in [0.05, 0.1) is 5.69 Å². The zero-order chi connectivity index (χ0) is 20.1. The summed E-state index contributed by atoms with van der Waals surface area (Å²) in [6.45, 7) is -0.118. The van der Waals surface area contributed by atoms with Crippen LogP contribution in [0, 0.1) is 11.6 Å². The zero-order valence-corrected chi connectivity index (χ0v) is 15.8. The number of amides is 4. The van der Waals surface area contributed by atoms with Crippen LogP contribution in [0.5, 0.6) is 0 Å². The molecule has 2 heterocycles. The van der Waals surface area contributed by atoms with E-state index in [0.29, 0.717) is 37.8 Å². The lowest BCUT2D eigenvalue weighted by Gasteiger charge is -2.36. The molecule has 2 aliphatic heterocycles. The Morgan fingerprint density at radius 3 is 2.54 bits per heavy atom. The number of halogens is 2. The fourth-order valence-corrected chi connectivity index (χ4v) is 4.76. The maximum Gasteiger partial charge on any atom is 0.327 e. The van der Waals surface area contributed by atoms with E-state index in [-0.39, 0.29) is 11.6 Å². The molecule has 3 aliphatic rings. The Morgan fingerprint density at radius 1 is 1.11 bits per heavy atom. The molecule has 1 saturated heterocycles. The normalized spacial score (nSPS) is 21.5. The molecule has 1 aliphatic carbocycles. The third kappa shape index (κ3) is 2.77. The topological polar surface area (TPSA) is 60.9 Å². The standard InChI is InChI=1S/C20H23F2N3O3/c1-23-19(28)25(18(27)20(23)7-3-2-4-8-20)12-17(26)24-9-5-6-14-15(22)10-13(21)11-16(14)24/h10-11H,2-9,12H2,1H3. The summed E-state index contributed by atoms with van der Waals surface area (Å²) < 4.78 is 27.8. The van der Waals surface area contributed by atoms with Gasteiger partial charge in [0, 0.05) is 25.2 Å². The molecule has 150 valence electrons. The van der Waals surface area contributed by atoms with Crippen molar-refractivity contribution in [2.45, 2.75) is 50.5 Å². The van der Waals surface area contributed by atoms with Crippen LogP contribution >= 0.6 is 0 Å². The van der Waals surface area contributed by atoms with Gasteiger partial charge in [-0.15, -0.1) is 0 Å². The number of rotatable bonds is 2. The van der Waals surface area contributed by atoms with Crippen molar-refractivity contribution >= 4 is 23.5 Å². The van der Waals surface area contributed by atoms with Crippen molar-refractivity contribution in [2.75, 3.05) is 25.0 Å². The number of hydrogen-bond donors (Lipinski definition) is 0. The Balaban J connectivity index is 1.58. The lowest BCUT2D eigenvalue weighted by atomic mass is 9.81. The zero-order valence-electron chi connectivity index (χ0n) is 15.8. The van der Waals surface area contributed by atoms with E-state index < -0.39 is 35.7 Å². The van der Waals surface area contributed by atoms with E-state index in [1.54, 1.807) is 7.05 Å². The molecule has 0 atom stereocenters. The number of urea groups is 1. The van der Waals surface area contributed by atoms with Crippen LogP contribution in [0.4, 0.5) is 19.3 Å². The van der Waals surface area contributed by atoms with Gasteiger partial charge in [0.1, 0.15) is 23.7 Å². The highest BCUT2D eigenvalue weighted by Gasteiger charge is 2.56. The van der Waals surface area contributed by atoms with E-state index >= 15 is 0 Å². The Morgan fingerprint density at radius 2 is 1.82 bits per heavy atom. The van der Waals surface area contributed by atoms with Crippen LogP contribution < -0.4 is 4.90 Å². The number of benzene rings is 1. The van der Waals surface area contributed by atoms with Gasteiger partial charge in [-0.2, -0.15) is 0 Å². The molecule has 1 saturated carbocycles. The molecule has 28 heavy (non-hydrogen) atoms.